The van der Waals surface area contributed by atoms with E-state index in [-0.39, 0.29) is 49.9 Å². The van der Waals surface area contributed by atoms with Crippen molar-refractivity contribution >= 4 is 40.8 Å². The second-order valence-electron chi connectivity index (χ2n) is 8.74. The summed E-state index contributed by atoms with van der Waals surface area (Å²) in [6, 6.07) is 4.52. The zero-order valence-corrected chi connectivity index (χ0v) is 19.3. The summed E-state index contributed by atoms with van der Waals surface area (Å²) in [5.41, 5.74) is 0.510. The number of rotatable bonds is 4. The number of carbonyl (C=O) groups excluding carboxylic acids is 2. The van der Waals surface area contributed by atoms with Crippen LogP contribution >= 0.6 is 23.2 Å². The third kappa shape index (κ3) is 5.85. The van der Waals surface area contributed by atoms with Crippen molar-refractivity contribution in [2.45, 2.75) is 68.9 Å². The summed E-state index contributed by atoms with van der Waals surface area (Å²) >= 11 is 12.0. The molecule has 1 aliphatic carbocycles. The fourth-order valence-corrected chi connectivity index (χ4v) is 4.69. The van der Waals surface area contributed by atoms with E-state index in [0.29, 0.717) is 41.0 Å². The van der Waals surface area contributed by atoms with Gasteiger partial charge in [-0.05, 0) is 50.3 Å². The average Bonchev–Trinajstić information content (AvgIpc) is 2.71. The van der Waals surface area contributed by atoms with Crippen LogP contribution in [-0.2, 0) is 14.3 Å². The number of nitrogens with zero attached hydrogens (tertiary/aromatic N) is 1. The number of aliphatic hydroxyl groups excluding tert-OH is 1. The van der Waals surface area contributed by atoms with Gasteiger partial charge in [-0.1, -0.05) is 23.2 Å². The van der Waals surface area contributed by atoms with Crippen LogP contribution in [0.4, 0.5) is 10.5 Å². The number of carbonyl (C=O) groups is 2. The second-order valence-corrected chi connectivity index (χ2v) is 9.56. The van der Waals surface area contributed by atoms with E-state index in [0.717, 1.165) is 19.3 Å². The van der Waals surface area contributed by atoms with Crippen molar-refractivity contribution in [2.75, 3.05) is 25.1 Å². The van der Waals surface area contributed by atoms with E-state index in [1.165, 1.54) is 0 Å². The SMILES string of the molecule is O=C(C[C@@H]1CC[C@@H]2[C@H](COC[C@@H](O)CN2C(=O)Nc2ccc(Cl)c(Cl)c2)O1)NC1CCC1. The second kappa shape index (κ2) is 10.6. The van der Waals surface area contributed by atoms with Crippen LogP contribution in [0.1, 0.15) is 38.5 Å². The number of anilines is 1. The molecule has 10 heteroatoms. The summed E-state index contributed by atoms with van der Waals surface area (Å²) in [5.74, 6) is 0.00884. The highest BCUT2D eigenvalue weighted by Crippen LogP contribution is 2.30. The fraction of sp³-hybridized carbons (Fsp3) is 0.636. The Hall–Kier alpha value is -1.58. The van der Waals surface area contributed by atoms with Crippen molar-refractivity contribution in [2.24, 2.45) is 0 Å². The topological polar surface area (TPSA) is 100 Å². The van der Waals surface area contributed by atoms with Crippen molar-refractivity contribution < 1.29 is 24.2 Å². The number of aliphatic hydroxyl groups is 1. The highest BCUT2D eigenvalue weighted by molar-refractivity contribution is 6.42. The van der Waals surface area contributed by atoms with Gasteiger partial charge in [0.2, 0.25) is 5.91 Å². The highest BCUT2D eigenvalue weighted by atomic mass is 35.5. The summed E-state index contributed by atoms with van der Waals surface area (Å²) in [7, 11) is 0. The van der Waals surface area contributed by atoms with E-state index >= 15 is 0 Å². The summed E-state index contributed by atoms with van der Waals surface area (Å²) in [6.07, 6.45) is 3.45. The van der Waals surface area contributed by atoms with Crippen molar-refractivity contribution in [3.05, 3.63) is 28.2 Å². The third-order valence-electron chi connectivity index (χ3n) is 6.30. The molecule has 0 radical (unpaired) electrons. The van der Waals surface area contributed by atoms with Gasteiger partial charge in [0.1, 0.15) is 6.10 Å². The molecule has 0 unspecified atom stereocenters. The van der Waals surface area contributed by atoms with Gasteiger partial charge in [0.15, 0.2) is 0 Å². The van der Waals surface area contributed by atoms with E-state index in [4.69, 9.17) is 32.7 Å². The number of hydrogen-bond acceptors (Lipinski definition) is 5. The van der Waals surface area contributed by atoms with Gasteiger partial charge in [0.25, 0.3) is 0 Å². The minimum Gasteiger partial charge on any atom is -0.389 e. The third-order valence-corrected chi connectivity index (χ3v) is 7.04. The smallest absolute Gasteiger partial charge is 0.322 e. The molecule has 3 fully saturated rings. The molecule has 176 valence electrons. The molecular weight excluding hydrogens is 457 g/mol. The first-order valence-electron chi connectivity index (χ1n) is 11.1. The normalized spacial score (nSPS) is 28.7. The van der Waals surface area contributed by atoms with E-state index in [1.54, 1.807) is 23.1 Å². The summed E-state index contributed by atoms with van der Waals surface area (Å²) in [6.45, 7) is 0.472. The number of nitrogens with one attached hydrogen (secondary N) is 2. The first kappa shape index (κ1) is 23.6. The minimum atomic E-state index is -0.804. The number of hydrogen-bond donors (Lipinski definition) is 3. The van der Waals surface area contributed by atoms with E-state index in [2.05, 4.69) is 10.6 Å². The number of fused-ring (bicyclic) bond motifs is 1. The Balaban J connectivity index is 1.40. The van der Waals surface area contributed by atoms with Gasteiger partial charge in [0.05, 0.1) is 54.5 Å². The number of ether oxygens (including phenoxy) is 2. The maximum atomic E-state index is 13.1. The first-order chi connectivity index (χ1) is 15.4. The predicted octanol–water partition coefficient (Wildman–Crippen LogP) is 3.19. The molecule has 4 atom stereocenters. The molecule has 0 aromatic heterocycles. The standard InChI is InChI=1S/C22H29Cl2N3O5/c23-17-6-4-14(8-18(17)24)26-22(30)27-10-15(28)11-31-12-20-19(27)7-5-16(32-20)9-21(29)25-13-2-1-3-13/h4,6,8,13,15-16,19-20,28H,1-3,5,7,9-12H2,(H,25,29)(H,26,30)/t15-,16-,19+,20-/m0/s1. The Morgan fingerprint density at radius 1 is 1.12 bits per heavy atom. The molecule has 1 aromatic rings. The maximum absolute atomic E-state index is 13.1. The number of amides is 3. The van der Waals surface area contributed by atoms with Crippen molar-refractivity contribution in [3.63, 3.8) is 0 Å². The van der Waals surface area contributed by atoms with Crippen LogP contribution in [0.15, 0.2) is 18.2 Å². The lowest BCUT2D eigenvalue weighted by Gasteiger charge is -2.44. The Bertz CT molecular complexity index is 838. The highest BCUT2D eigenvalue weighted by Gasteiger charge is 2.40. The lowest BCUT2D eigenvalue weighted by atomic mass is 9.92. The molecule has 2 saturated heterocycles. The minimum absolute atomic E-state index is 0.00884. The Labute approximate surface area is 197 Å². The number of urea groups is 1. The fourth-order valence-electron chi connectivity index (χ4n) is 4.39. The van der Waals surface area contributed by atoms with Gasteiger partial charge < -0.3 is 30.1 Å². The van der Waals surface area contributed by atoms with E-state index in [9.17, 15) is 14.7 Å². The Kier molecular flexibility index (Phi) is 7.78. The van der Waals surface area contributed by atoms with Crippen LogP contribution in [-0.4, -0.2) is 72.1 Å². The van der Waals surface area contributed by atoms with Crippen LogP contribution in [0.3, 0.4) is 0 Å². The quantitative estimate of drug-likeness (QED) is 0.607. The van der Waals surface area contributed by atoms with E-state index in [1.807, 2.05) is 0 Å². The van der Waals surface area contributed by atoms with Crippen molar-refractivity contribution in [1.29, 1.82) is 0 Å². The van der Waals surface area contributed by atoms with Crippen molar-refractivity contribution in [3.8, 4) is 0 Å². The first-order valence-corrected chi connectivity index (χ1v) is 11.9. The molecule has 32 heavy (non-hydrogen) atoms. The Morgan fingerprint density at radius 3 is 2.66 bits per heavy atom. The van der Waals surface area contributed by atoms with Gasteiger partial charge in [0, 0.05) is 11.7 Å². The molecule has 8 nitrogen and oxygen atoms in total. The molecule has 2 aliphatic heterocycles. The summed E-state index contributed by atoms with van der Waals surface area (Å²) < 4.78 is 11.8. The maximum Gasteiger partial charge on any atom is 0.322 e. The van der Waals surface area contributed by atoms with Crippen LogP contribution < -0.4 is 10.6 Å². The lowest BCUT2D eigenvalue weighted by molar-refractivity contribution is -0.150. The molecule has 3 aliphatic rings. The zero-order valence-electron chi connectivity index (χ0n) is 17.8. The molecule has 2 heterocycles. The predicted molar refractivity (Wildman–Crippen MR) is 121 cm³/mol. The molecule has 1 aromatic carbocycles. The van der Waals surface area contributed by atoms with Gasteiger partial charge in [-0.2, -0.15) is 0 Å². The number of β-amino-alcohol motifs (C(OH)–C–C–N with tert-alkyl or cyclic N) is 1. The van der Waals surface area contributed by atoms with Gasteiger partial charge >= 0.3 is 6.03 Å². The molecular formula is C22H29Cl2N3O5. The van der Waals surface area contributed by atoms with Gasteiger partial charge in [-0.3, -0.25) is 4.79 Å². The lowest BCUT2D eigenvalue weighted by Crippen LogP contribution is -2.58. The molecule has 4 rings (SSSR count). The molecule has 0 spiro atoms. The van der Waals surface area contributed by atoms with E-state index < -0.39 is 6.10 Å². The number of benzene rings is 1. The Morgan fingerprint density at radius 2 is 1.94 bits per heavy atom. The largest absolute Gasteiger partial charge is 0.389 e. The van der Waals surface area contributed by atoms with Crippen LogP contribution in [0, 0.1) is 0 Å². The van der Waals surface area contributed by atoms with Gasteiger partial charge in [-0.15, -0.1) is 0 Å². The number of halogens is 2. The molecule has 1 saturated carbocycles. The summed E-state index contributed by atoms with van der Waals surface area (Å²) in [5, 5.41) is 16.9. The van der Waals surface area contributed by atoms with Gasteiger partial charge in [-0.25, -0.2) is 4.79 Å². The van der Waals surface area contributed by atoms with Crippen LogP contribution in [0.2, 0.25) is 10.0 Å². The van der Waals surface area contributed by atoms with Crippen LogP contribution in [0.5, 0.6) is 0 Å². The monoisotopic (exact) mass is 485 g/mol. The average molecular weight is 486 g/mol. The van der Waals surface area contributed by atoms with Crippen molar-refractivity contribution in [1.82, 2.24) is 10.2 Å². The van der Waals surface area contributed by atoms with Crippen LogP contribution in [0.25, 0.3) is 0 Å². The zero-order chi connectivity index (χ0) is 22.7. The molecule has 3 amide bonds. The molecule has 0 bridgehead atoms. The molecule has 3 N–H and O–H groups in total. The summed E-state index contributed by atoms with van der Waals surface area (Å²) in [4.78, 5) is 27.0.